The molecule has 0 radical (unpaired) electrons. The smallest absolute Gasteiger partial charge is 0.408 e. The van der Waals surface area contributed by atoms with Crippen molar-refractivity contribution in [3.8, 4) is 11.1 Å². The van der Waals surface area contributed by atoms with Gasteiger partial charge in [0.2, 0.25) is 21.8 Å². The Hall–Kier alpha value is -4.04. The van der Waals surface area contributed by atoms with E-state index >= 15 is 4.79 Å². The van der Waals surface area contributed by atoms with Crippen molar-refractivity contribution in [1.29, 1.82) is 0 Å². The van der Waals surface area contributed by atoms with Crippen LogP contribution in [0.3, 0.4) is 0 Å². The number of amides is 4. The van der Waals surface area contributed by atoms with Crippen LogP contribution in [0, 0.1) is 11.3 Å². The number of nitrogens with one attached hydrogen (secondary N) is 2. The normalized spacial score (nSPS) is 25.0. The number of sulfonamides is 1. The summed E-state index contributed by atoms with van der Waals surface area (Å²) in [6.07, 6.45) is 2.46. The summed E-state index contributed by atoms with van der Waals surface area (Å²) >= 11 is 0. The fraction of sp³-hybridized carbons (Fsp3) is 0.561. The van der Waals surface area contributed by atoms with E-state index in [0.29, 0.717) is 30.6 Å². The number of hydrogen-bond acceptors (Lipinski definition) is 7. The van der Waals surface area contributed by atoms with Gasteiger partial charge in [-0.15, -0.1) is 6.58 Å². The molecule has 6 atom stereocenters. The predicted octanol–water partition coefficient (Wildman–Crippen LogP) is 5.56. The van der Waals surface area contributed by atoms with E-state index in [0.717, 1.165) is 22.4 Å². The van der Waals surface area contributed by atoms with Crippen LogP contribution >= 0.6 is 0 Å². The Labute approximate surface area is 328 Å². The van der Waals surface area contributed by atoms with E-state index in [9.17, 15) is 32.1 Å². The molecule has 0 unspecified atom stereocenters. The Morgan fingerprint density at radius 1 is 1.00 bits per heavy atom. The molecule has 4 amide bonds. The molecule has 0 bridgehead atoms. The van der Waals surface area contributed by atoms with Crippen LogP contribution in [0.2, 0.25) is 0 Å². The van der Waals surface area contributed by atoms with Crippen molar-refractivity contribution in [1.82, 2.24) is 19.8 Å². The van der Waals surface area contributed by atoms with Gasteiger partial charge in [0.05, 0.1) is 10.00 Å². The van der Waals surface area contributed by atoms with Crippen molar-refractivity contribution >= 4 is 44.6 Å². The van der Waals surface area contributed by atoms with Gasteiger partial charge in [-0.25, -0.2) is 13.2 Å². The van der Waals surface area contributed by atoms with Crippen LogP contribution in [0.5, 0.6) is 0 Å². The topological polar surface area (TPSA) is 170 Å². The maximum atomic E-state index is 15.2. The first-order chi connectivity index (χ1) is 25.6. The second-order valence-corrected chi connectivity index (χ2v) is 21.1. The van der Waals surface area contributed by atoms with Crippen molar-refractivity contribution in [2.45, 2.75) is 120 Å². The largest absolute Gasteiger partial charge is 0.465 e. The van der Waals surface area contributed by atoms with Gasteiger partial charge >= 0.3 is 6.09 Å². The molecule has 0 aromatic heterocycles. The van der Waals surface area contributed by atoms with E-state index < -0.39 is 89.1 Å². The van der Waals surface area contributed by atoms with Gasteiger partial charge in [-0.2, -0.15) is 0 Å². The highest BCUT2D eigenvalue weighted by molar-refractivity contribution is 7.91. The Balaban J connectivity index is 1.62. The van der Waals surface area contributed by atoms with Crippen LogP contribution in [-0.4, -0.2) is 92.1 Å². The third kappa shape index (κ3) is 8.55. The van der Waals surface area contributed by atoms with Gasteiger partial charge in [0, 0.05) is 34.6 Å². The molecule has 1 saturated heterocycles. The Bertz CT molecular complexity index is 1940. The molecule has 0 spiro atoms. The van der Waals surface area contributed by atoms with Gasteiger partial charge in [-0.1, -0.05) is 94.8 Å². The fourth-order valence-corrected chi connectivity index (χ4v) is 11.1. The minimum Gasteiger partial charge on any atom is -0.465 e. The van der Waals surface area contributed by atoms with Crippen LogP contribution in [0.4, 0.5) is 4.79 Å². The third-order valence-electron chi connectivity index (χ3n) is 11.0. The molecule has 2 aromatic rings. The van der Waals surface area contributed by atoms with Crippen LogP contribution in [0.25, 0.3) is 11.1 Å². The molecular formula is C41H56N4O8S2. The van der Waals surface area contributed by atoms with E-state index in [2.05, 4.69) is 16.6 Å². The van der Waals surface area contributed by atoms with E-state index in [-0.39, 0.29) is 19.4 Å². The zero-order valence-corrected chi connectivity index (χ0v) is 34.6. The lowest BCUT2D eigenvalue weighted by Crippen LogP contribution is -2.64. The van der Waals surface area contributed by atoms with Crippen molar-refractivity contribution in [3.05, 3.63) is 72.8 Å². The summed E-state index contributed by atoms with van der Waals surface area (Å²) in [5, 5.41) is 12.7. The van der Waals surface area contributed by atoms with Crippen LogP contribution in [0.15, 0.2) is 67.3 Å². The number of unbranched alkanes of at least 4 members (excludes halogenated alkanes) is 1. The summed E-state index contributed by atoms with van der Waals surface area (Å²) in [4.78, 5) is 59.0. The Morgan fingerprint density at radius 2 is 1.60 bits per heavy atom. The van der Waals surface area contributed by atoms with Gasteiger partial charge < -0.3 is 15.3 Å². The summed E-state index contributed by atoms with van der Waals surface area (Å²) in [6.45, 7) is 16.0. The maximum absolute atomic E-state index is 15.2. The molecule has 2 aliphatic carbocycles. The second kappa shape index (κ2) is 15.5. The molecule has 1 aliphatic heterocycles. The van der Waals surface area contributed by atoms with Crippen LogP contribution in [-0.2, 0) is 40.0 Å². The minimum absolute atomic E-state index is 0.0815. The molecule has 2 saturated carbocycles. The van der Waals surface area contributed by atoms with Crippen molar-refractivity contribution in [2.75, 3.05) is 12.3 Å². The van der Waals surface area contributed by atoms with E-state index in [1.165, 1.54) is 11.0 Å². The van der Waals surface area contributed by atoms with Crippen molar-refractivity contribution in [3.63, 3.8) is 0 Å². The first-order valence-corrected chi connectivity index (χ1v) is 21.9. The zero-order chi connectivity index (χ0) is 40.7. The fourth-order valence-electron chi connectivity index (χ4n) is 7.74. The molecule has 1 heterocycles. The van der Waals surface area contributed by atoms with E-state index in [4.69, 9.17) is 0 Å². The number of hydrogen-bond donors (Lipinski definition) is 3. The summed E-state index contributed by atoms with van der Waals surface area (Å²) in [5.74, 6) is -2.51. The molecule has 12 nitrogen and oxygen atoms in total. The lowest BCUT2D eigenvalue weighted by Gasteiger charge is -2.46. The number of nitrogens with zero attached hydrogens (tertiary/aromatic N) is 2. The monoisotopic (exact) mass is 796 g/mol. The number of likely N-dealkylation sites (tertiary alicyclic amines) is 1. The highest BCUT2D eigenvalue weighted by Crippen LogP contribution is 2.48. The van der Waals surface area contributed by atoms with Crippen LogP contribution < -0.4 is 10.0 Å². The SMILES string of the molecule is C=C[C@@H]1C[C@]1(NC(=O)[C@@H]1C[C@](c2ccc(-c3ccccc3)cc2)([S@](=O)CCCC)CN1C(=O)[C@@H](N(C(=O)O)C(C)(C)C)C(C)(C)C)C(=O)NS(=O)(=O)C1CC1. The molecule has 2 aromatic carbocycles. The highest BCUT2D eigenvalue weighted by atomic mass is 32.2. The van der Waals surface area contributed by atoms with Crippen molar-refractivity contribution in [2.24, 2.45) is 11.3 Å². The van der Waals surface area contributed by atoms with Gasteiger partial charge in [-0.05, 0) is 75.0 Å². The van der Waals surface area contributed by atoms with E-state index in [1.807, 2.05) is 61.5 Å². The number of carbonyl (C=O) groups is 4. The molecule has 14 heteroatoms. The maximum Gasteiger partial charge on any atom is 0.408 e. The Morgan fingerprint density at radius 3 is 2.09 bits per heavy atom. The summed E-state index contributed by atoms with van der Waals surface area (Å²) in [5.41, 5.74) is -1.03. The highest BCUT2D eigenvalue weighted by Gasteiger charge is 2.63. The van der Waals surface area contributed by atoms with Gasteiger partial charge in [0.15, 0.2) is 0 Å². The van der Waals surface area contributed by atoms with Gasteiger partial charge in [0.25, 0.3) is 5.91 Å². The number of benzene rings is 2. The number of rotatable bonds is 14. The first-order valence-electron chi connectivity index (χ1n) is 19.0. The minimum atomic E-state index is -3.95. The molecule has 300 valence electrons. The lowest BCUT2D eigenvalue weighted by atomic mass is 9.82. The van der Waals surface area contributed by atoms with E-state index in [1.54, 1.807) is 41.5 Å². The third-order valence-corrected chi connectivity index (χ3v) is 14.9. The first kappa shape index (κ1) is 42.1. The summed E-state index contributed by atoms with van der Waals surface area (Å²) < 4.78 is 41.3. The standard InChI is InChI=1S/C41H56N4O8S2/c1-9-11-23-54(51)40(30-19-17-28(18-20-30)27-15-13-12-14-16-27)25-32(44(26-40)35(47)33(38(3,4)5)45(37(49)50)39(6,7)8)34(46)42-41(24-29(41)10-2)36(48)43-55(52,53)31-21-22-31/h10,12-20,29,31-33H,2,9,11,21-26H2,1,3-8H3,(H,42,46)(H,43,48)(H,49,50)/t29-,32+,33-,40+,41-,54-/m1/s1. The Kier molecular flexibility index (Phi) is 11.9. The molecule has 55 heavy (non-hydrogen) atoms. The number of carbonyl (C=O) groups excluding carboxylic acids is 3. The number of carboxylic acid groups (broad SMARTS) is 1. The second-order valence-electron chi connectivity index (χ2n) is 17.3. The van der Waals surface area contributed by atoms with Gasteiger partial charge in [-0.3, -0.25) is 28.2 Å². The quantitative estimate of drug-likeness (QED) is 0.209. The van der Waals surface area contributed by atoms with Crippen LogP contribution in [0.1, 0.15) is 92.6 Å². The average molecular weight is 797 g/mol. The lowest BCUT2D eigenvalue weighted by molar-refractivity contribution is -0.147. The molecular weight excluding hydrogens is 741 g/mol. The summed E-state index contributed by atoms with van der Waals surface area (Å²) in [6, 6.07) is 14.8. The molecule has 3 N–H and O–H groups in total. The van der Waals surface area contributed by atoms with Crippen molar-refractivity contribution < 1.29 is 36.9 Å². The summed E-state index contributed by atoms with van der Waals surface area (Å²) in [7, 11) is -5.57. The van der Waals surface area contributed by atoms with Gasteiger partial charge in [0.1, 0.15) is 17.6 Å². The average Bonchev–Trinajstić information content (AvgIpc) is 4.05. The predicted molar refractivity (Wildman–Crippen MR) is 214 cm³/mol. The molecule has 3 fully saturated rings. The molecule has 3 aliphatic rings. The zero-order valence-electron chi connectivity index (χ0n) is 33.0. The molecule has 5 rings (SSSR count).